The van der Waals surface area contributed by atoms with Gasteiger partial charge in [0.2, 0.25) is 0 Å². The summed E-state index contributed by atoms with van der Waals surface area (Å²) in [6, 6.07) is 12.7. The third-order valence-electron chi connectivity index (χ3n) is 5.25. The summed E-state index contributed by atoms with van der Waals surface area (Å²) >= 11 is 6.12. The Labute approximate surface area is 168 Å². The maximum absolute atomic E-state index is 13.2. The van der Waals surface area contributed by atoms with Gasteiger partial charge >= 0.3 is 0 Å². The summed E-state index contributed by atoms with van der Waals surface area (Å²) in [5.41, 5.74) is 1.29. The molecule has 0 unspecified atom stereocenters. The predicted octanol–water partition coefficient (Wildman–Crippen LogP) is 4.99. The maximum atomic E-state index is 13.2. The lowest BCUT2D eigenvalue weighted by atomic mass is 9.88. The van der Waals surface area contributed by atoms with Gasteiger partial charge in [0.1, 0.15) is 11.6 Å². The fraction of sp³-hybridized carbons (Fsp3) is 0.318. The molecule has 1 fully saturated rings. The minimum absolute atomic E-state index is 0.150. The van der Waals surface area contributed by atoms with E-state index >= 15 is 0 Å². The zero-order valence-corrected chi connectivity index (χ0v) is 16.5. The summed E-state index contributed by atoms with van der Waals surface area (Å²) in [5.74, 6) is 1.62. The molecule has 6 heteroatoms. The zero-order chi connectivity index (χ0) is 19.5. The van der Waals surface area contributed by atoms with E-state index in [2.05, 4.69) is 5.10 Å². The van der Waals surface area contributed by atoms with Crippen molar-refractivity contribution < 1.29 is 4.74 Å². The maximum Gasteiger partial charge on any atom is 0.282 e. The number of halogens is 1. The topological polar surface area (TPSA) is 56.5 Å². The highest BCUT2D eigenvalue weighted by Gasteiger charge is 2.22. The van der Waals surface area contributed by atoms with E-state index in [-0.39, 0.29) is 11.5 Å². The number of para-hydroxylation sites is 1. The third kappa shape index (κ3) is 3.67. The van der Waals surface area contributed by atoms with E-state index in [9.17, 15) is 4.79 Å². The number of benzene rings is 2. The molecule has 0 saturated heterocycles. The van der Waals surface area contributed by atoms with Crippen molar-refractivity contribution >= 4 is 28.7 Å². The van der Waals surface area contributed by atoms with Crippen molar-refractivity contribution in [3.05, 3.63) is 69.2 Å². The van der Waals surface area contributed by atoms with Crippen molar-refractivity contribution in [2.45, 2.75) is 38.0 Å². The first-order valence-electron chi connectivity index (χ1n) is 9.57. The van der Waals surface area contributed by atoms with E-state index < -0.39 is 0 Å². The van der Waals surface area contributed by atoms with Gasteiger partial charge in [0.25, 0.3) is 5.56 Å². The average Bonchev–Trinajstić information content (AvgIpc) is 2.74. The van der Waals surface area contributed by atoms with Crippen LogP contribution in [0.1, 0.15) is 49.4 Å². The van der Waals surface area contributed by atoms with Crippen molar-refractivity contribution in [2.75, 3.05) is 7.11 Å². The van der Waals surface area contributed by atoms with Crippen molar-refractivity contribution in [1.82, 2.24) is 9.66 Å². The Bertz CT molecular complexity index is 1080. The van der Waals surface area contributed by atoms with Gasteiger partial charge in [0, 0.05) is 16.5 Å². The Balaban J connectivity index is 1.86. The molecule has 3 aromatic rings. The molecule has 28 heavy (non-hydrogen) atoms. The van der Waals surface area contributed by atoms with Gasteiger partial charge in [-0.25, -0.2) is 4.98 Å². The highest BCUT2D eigenvalue weighted by Crippen LogP contribution is 2.31. The van der Waals surface area contributed by atoms with Crippen molar-refractivity contribution in [1.29, 1.82) is 0 Å². The molecule has 0 amide bonds. The Kier molecular flexibility index (Phi) is 5.44. The minimum Gasteiger partial charge on any atom is -0.496 e. The van der Waals surface area contributed by atoms with E-state index in [1.807, 2.05) is 18.2 Å². The Morgan fingerprint density at radius 2 is 1.96 bits per heavy atom. The number of rotatable bonds is 4. The normalized spacial score (nSPS) is 15.4. The smallest absolute Gasteiger partial charge is 0.282 e. The first kappa shape index (κ1) is 18.7. The molecule has 4 rings (SSSR count). The van der Waals surface area contributed by atoms with E-state index in [0.29, 0.717) is 21.7 Å². The van der Waals surface area contributed by atoms with Gasteiger partial charge in [-0.3, -0.25) is 4.79 Å². The second kappa shape index (κ2) is 8.15. The van der Waals surface area contributed by atoms with Gasteiger partial charge in [0.15, 0.2) is 0 Å². The van der Waals surface area contributed by atoms with Gasteiger partial charge in [-0.15, -0.1) is 0 Å². The van der Waals surface area contributed by atoms with Crippen LogP contribution in [0.3, 0.4) is 0 Å². The van der Waals surface area contributed by atoms with E-state index in [1.54, 1.807) is 37.6 Å². The quantitative estimate of drug-likeness (QED) is 0.585. The summed E-state index contributed by atoms with van der Waals surface area (Å²) in [7, 11) is 1.60. The van der Waals surface area contributed by atoms with Crippen LogP contribution in [-0.4, -0.2) is 23.0 Å². The van der Waals surface area contributed by atoms with Crippen LogP contribution in [0.4, 0.5) is 0 Å². The summed E-state index contributed by atoms with van der Waals surface area (Å²) in [6.45, 7) is 0. The largest absolute Gasteiger partial charge is 0.496 e. The minimum atomic E-state index is -0.150. The lowest BCUT2D eigenvalue weighted by molar-refractivity contribution is 0.413. The van der Waals surface area contributed by atoms with Crippen LogP contribution in [-0.2, 0) is 0 Å². The highest BCUT2D eigenvalue weighted by molar-refractivity contribution is 6.30. The summed E-state index contributed by atoms with van der Waals surface area (Å²) in [4.78, 5) is 18.0. The van der Waals surface area contributed by atoms with Crippen LogP contribution in [0.25, 0.3) is 10.9 Å². The fourth-order valence-corrected chi connectivity index (χ4v) is 3.98. The van der Waals surface area contributed by atoms with Crippen LogP contribution in [0.15, 0.2) is 52.4 Å². The van der Waals surface area contributed by atoms with Gasteiger partial charge in [-0.2, -0.15) is 9.78 Å². The molecule has 1 aliphatic carbocycles. The molecule has 0 spiro atoms. The summed E-state index contributed by atoms with van der Waals surface area (Å²) in [5, 5.41) is 5.68. The number of nitrogens with zero attached hydrogens (tertiary/aromatic N) is 3. The molecule has 0 radical (unpaired) electrons. The molecule has 144 valence electrons. The molecule has 5 nitrogen and oxygen atoms in total. The molecule has 1 aliphatic rings. The monoisotopic (exact) mass is 395 g/mol. The first-order chi connectivity index (χ1) is 13.7. The predicted molar refractivity (Wildman–Crippen MR) is 113 cm³/mol. The van der Waals surface area contributed by atoms with E-state index in [1.165, 1.54) is 11.1 Å². The molecular weight excluding hydrogens is 374 g/mol. The molecule has 1 aromatic heterocycles. The lowest BCUT2D eigenvalue weighted by Gasteiger charge is -2.22. The fourth-order valence-electron chi connectivity index (χ4n) is 3.80. The van der Waals surface area contributed by atoms with Crippen molar-refractivity contribution in [3.8, 4) is 5.75 Å². The Hall–Kier alpha value is -2.66. The second-order valence-electron chi connectivity index (χ2n) is 7.07. The highest BCUT2D eigenvalue weighted by atomic mass is 35.5. The molecule has 0 atom stereocenters. The van der Waals surface area contributed by atoms with Crippen LogP contribution in [0, 0.1) is 0 Å². The first-order valence-corrected chi connectivity index (χ1v) is 9.95. The number of hydrogen-bond acceptors (Lipinski definition) is 4. The lowest BCUT2D eigenvalue weighted by Crippen LogP contribution is -2.25. The molecule has 2 aromatic carbocycles. The number of ether oxygens (including phenoxy) is 1. The van der Waals surface area contributed by atoms with Gasteiger partial charge in [0.05, 0.1) is 24.2 Å². The van der Waals surface area contributed by atoms with Crippen molar-refractivity contribution in [3.63, 3.8) is 0 Å². The second-order valence-corrected chi connectivity index (χ2v) is 7.51. The van der Waals surface area contributed by atoms with Crippen LogP contribution < -0.4 is 10.3 Å². The van der Waals surface area contributed by atoms with Gasteiger partial charge < -0.3 is 4.74 Å². The molecule has 0 bridgehead atoms. The van der Waals surface area contributed by atoms with E-state index in [0.717, 1.165) is 37.0 Å². The average molecular weight is 396 g/mol. The number of aromatic nitrogens is 2. The molecule has 0 N–H and O–H groups in total. The molecule has 1 heterocycles. The third-order valence-corrected chi connectivity index (χ3v) is 5.49. The van der Waals surface area contributed by atoms with Crippen LogP contribution in [0.5, 0.6) is 5.75 Å². The van der Waals surface area contributed by atoms with Gasteiger partial charge in [-0.1, -0.05) is 43.0 Å². The summed E-state index contributed by atoms with van der Waals surface area (Å²) < 4.78 is 6.84. The van der Waals surface area contributed by atoms with Crippen LogP contribution in [0.2, 0.25) is 5.02 Å². The standard InChI is InChI=1S/C22H22ClN3O2/c1-28-20-12-11-17(23)13-16(20)14-24-26-21(15-7-3-2-4-8-15)25-19-10-6-5-9-18(19)22(26)27/h5-6,9-15H,2-4,7-8H2,1H3. The Morgan fingerprint density at radius 1 is 1.18 bits per heavy atom. The number of methoxy groups -OCH3 is 1. The zero-order valence-electron chi connectivity index (χ0n) is 15.8. The van der Waals surface area contributed by atoms with Crippen molar-refractivity contribution in [2.24, 2.45) is 5.10 Å². The number of fused-ring (bicyclic) bond motifs is 1. The van der Waals surface area contributed by atoms with E-state index in [4.69, 9.17) is 21.3 Å². The SMILES string of the molecule is COc1ccc(Cl)cc1C=Nn1c(C2CCCCC2)nc2ccccc2c1=O. The van der Waals surface area contributed by atoms with Gasteiger partial charge in [-0.05, 0) is 43.2 Å². The molecular formula is C22H22ClN3O2. The Morgan fingerprint density at radius 3 is 2.75 bits per heavy atom. The summed E-state index contributed by atoms with van der Waals surface area (Å²) in [6.07, 6.45) is 7.21. The molecule has 1 saturated carbocycles. The van der Waals surface area contributed by atoms with Crippen LogP contribution >= 0.6 is 11.6 Å². The molecule has 0 aliphatic heterocycles. The number of hydrogen-bond donors (Lipinski definition) is 0.